The summed E-state index contributed by atoms with van der Waals surface area (Å²) in [6.07, 6.45) is -3.56. The van der Waals surface area contributed by atoms with Gasteiger partial charge < -0.3 is 28.8 Å². The molecule has 6 nitrogen and oxygen atoms in total. The third-order valence-corrected chi connectivity index (χ3v) is 5.82. The second-order valence-corrected chi connectivity index (χ2v) is 8.29. The molecule has 34 heavy (non-hydrogen) atoms. The largest absolute Gasteiger partial charge is 0.387 e. The van der Waals surface area contributed by atoms with Gasteiger partial charge in [0.1, 0.15) is 24.4 Å². The van der Waals surface area contributed by atoms with Gasteiger partial charge in [-0.2, -0.15) is 0 Å². The second-order valence-electron chi connectivity index (χ2n) is 8.29. The highest BCUT2D eigenvalue weighted by atomic mass is 16.7. The van der Waals surface area contributed by atoms with E-state index in [4.69, 9.17) is 23.7 Å². The zero-order valence-electron chi connectivity index (χ0n) is 19.4. The van der Waals surface area contributed by atoms with Crippen LogP contribution in [-0.2, 0) is 43.5 Å². The summed E-state index contributed by atoms with van der Waals surface area (Å²) in [6.45, 7) is 1.31. The van der Waals surface area contributed by atoms with Crippen molar-refractivity contribution in [1.29, 1.82) is 0 Å². The minimum absolute atomic E-state index is 0.201. The van der Waals surface area contributed by atoms with Crippen LogP contribution in [0.3, 0.4) is 0 Å². The molecule has 0 amide bonds. The molecule has 0 bridgehead atoms. The van der Waals surface area contributed by atoms with Crippen molar-refractivity contribution in [2.24, 2.45) is 0 Å². The number of rotatable bonds is 11. The summed E-state index contributed by atoms with van der Waals surface area (Å²) in [6, 6.07) is 29.6. The maximum atomic E-state index is 11.2. The Morgan fingerprint density at radius 1 is 0.676 bits per heavy atom. The van der Waals surface area contributed by atoms with E-state index in [0.717, 1.165) is 16.7 Å². The lowest BCUT2D eigenvalue weighted by Gasteiger charge is -2.43. The Balaban J connectivity index is 1.44. The van der Waals surface area contributed by atoms with Gasteiger partial charge in [0.2, 0.25) is 0 Å². The quantitative estimate of drug-likeness (QED) is 0.461. The molecule has 1 aliphatic heterocycles. The lowest BCUT2D eigenvalue weighted by molar-refractivity contribution is -0.315. The zero-order chi connectivity index (χ0) is 23.6. The summed E-state index contributed by atoms with van der Waals surface area (Å²) in [5, 5.41) is 11.2. The molecule has 180 valence electrons. The fourth-order valence-corrected chi connectivity index (χ4v) is 3.99. The number of hydrogen-bond acceptors (Lipinski definition) is 6. The van der Waals surface area contributed by atoms with E-state index in [1.807, 2.05) is 91.0 Å². The molecule has 0 aliphatic carbocycles. The molecule has 1 aliphatic rings. The van der Waals surface area contributed by atoms with Gasteiger partial charge in [-0.3, -0.25) is 0 Å². The van der Waals surface area contributed by atoms with Crippen molar-refractivity contribution >= 4 is 0 Å². The van der Waals surface area contributed by atoms with E-state index in [1.54, 1.807) is 7.11 Å². The maximum Gasteiger partial charge on any atom is 0.186 e. The first-order chi connectivity index (χ1) is 16.7. The molecule has 1 saturated heterocycles. The van der Waals surface area contributed by atoms with Gasteiger partial charge in [0, 0.05) is 7.11 Å². The van der Waals surface area contributed by atoms with Crippen molar-refractivity contribution in [3.8, 4) is 0 Å². The average molecular weight is 465 g/mol. The molecule has 0 spiro atoms. The van der Waals surface area contributed by atoms with Crippen LogP contribution in [-0.4, -0.2) is 49.5 Å². The fourth-order valence-electron chi connectivity index (χ4n) is 3.99. The minimum Gasteiger partial charge on any atom is -0.387 e. The van der Waals surface area contributed by atoms with E-state index in [2.05, 4.69) is 0 Å². The predicted molar refractivity (Wildman–Crippen MR) is 128 cm³/mol. The third kappa shape index (κ3) is 6.73. The van der Waals surface area contributed by atoms with Gasteiger partial charge in [0.05, 0.1) is 26.4 Å². The number of aliphatic hydroxyl groups excluding tert-OH is 1. The third-order valence-electron chi connectivity index (χ3n) is 5.82. The Kier molecular flexibility index (Phi) is 9.21. The van der Waals surface area contributed by atoms with Crippen LogP contribution in [0.5, 0.6) is 0 Å². The van der Waals surface area contributed by atoms with Crippen LogP contribution < -0.4 is 0 Å². The first-order valence-corrected chi connectivity index (χ1v) is 11.5. The predicted octanol–water partition coefficient (Wildman–Crippen LogP) is 4.11. The molecule has 2 unspecified atom stereocenters. The van der Waals surface area contributed by atoms with Crippen molar-refractivity contribution in [3.05, 3.63) is 108 Å². The number of aliphatic hydroxyl groups is 1. The van der Waals surface area contributed by atoms with Crippen molar-refractivity contribution in [3.63, 3.8) is 0 Å². The Morgan fingerprint density at radius 2 is 1.15 bits per heavy atom. The van der Waals surface area contributed by atoms with Crippen molar-refractivity contribution < 1.29 is 28.8 Å². The molecule has 0 radical (unpaired) electrons. The van der Waals surface area contributed by atoms with Gasteiger partial charge in [-0.05, 0) is 16.7 Å². The monoisotopic (exact) mass is 464 g/mol. The van der Waals surface area contributed by atoms with Crippen LogP contribution >= 0.6 is 0 Å². The molecule has 3 aromatic carbocycles. The molecule has 4 rings (SSSR count). The molecular formula is C28H32O6. The van der Waals surface area contributed by atoms with E-state index in [-0.39, 0.29) is 6.61 Å². The van der Waals surface area contributed by atoms with E-state index in [1.165, 1.54) is 0 Å². The van der Waals surface area contributed by atoms with Gasteiger partial charge in [-0.1, -0.05) is 91.0 Å². The summed E-state index contributed by atoms with van der Waals surface area (Å²) >= 11 is 0. The van der Waals surface area contributed by atoms with Gasteiger partial charge in [-0.15, -0.1) is 0 Å². The standard InChI is InChI=1S/C28H32O6/c1-30-28-27(33-19-23-15-9-4-10-16-23)26(32-18-22-13-7-3-8-14-22)25(29)24(34-28)20-31-17-21-11-5-2-6-12-21/h2-16,24-29H,17-20H2,1H3/t24-,25+,26?,27?,28-/m0/s1. The second kappa shape index (κ2) is 12.8. The fraction of sp³-hybridized carbons (Fsp3) is 0.357. The molecule has 0 saturated carbocycles. The van der Waals surface area contributed by atoms with E-state index < -0.39 is 30.7 Å². The molecule has 3 aromatic rings. The Labute approximate surface area is 201 Å². The molecule has 0 aromatic heterocycles. The normalized spacial score (nSPS) is 24.7. The van der Waals surface area contributed by atoms with Crippen LogP contribution in [0.1, 0.15) is 16.7 Å². The van der Waals surface area contributed by atoms with Gasteiger partial charge >= 0.3 is 0 Å². The van der Waals surface area contributed by atoms with E-state index >= 15 is 0 Å². The van der Waals surface area contributed by atoms with Crippen LogP contribution in [0.15, 0.2) is 91.0 Å². The highest BCUT2D eigenvalue weighted by Crippen LogP contribution is 2.28. The summed E-state index contributed by atoms with van der Waals surface area (Å²) in [5.74, 6) is 0. The lowest BCUT2D eigenvalue weighted by atomic mass is 9.98. The Morgan fingerprint density at radius 3 is 1.65 bits per heavy atom. The van der Waals surface area contributed by atoms with Crippen LogP contribution in [0.4, 0.5) is 0 Å². The van der Waals surface area contributed by atoms with E-state index in [0.29, 0.717) is 19.8 Å². The SMILES string of the molecule is CO[C@H]1O[C@@H](COCc2ccccc2)[C@@H](O)C(OCc2ccccc2)C1OCc1ccccc1. The summed E-state index contributed by atoms with van der Waals surface area (Å²) in [7, 11) is 1.57. The van der Waals surface area contributed by atoms with Crippen LogP contribution in [0, 0.1) is 0 Å². The molecule has 1 fully saturated rings. The summed E-state index contributed by atoms with van der Waals surface area (Å²) in [4.78, 5) is 0. The van der Waals surface area contributed by atoms with Crippen LogP contribution in [0.25, 0.3) is 0 Å². The number of hydrogen-bond donors (Lipinski definition) is 1. The van der Waals surface area contributed by atoms with Crippen molar-refractivity contribution in [2.75, 3.05) is 13.7 Å². The Bertz CT molecular complexity index is 952. The molecule has 1 heterocycles. The number of methoxy groups -OCH3 is 1. The number of benzene rings is 3. The molecule has 1 N–H and O–H groups in total. The topological polar surface area (TPSA) is 66.4 Å². The van der Waals surface area contributed by atoms with Crippen LogP contribution in [0.2, 0.25) is 0 Å². The maximum absolute atomic E-state index is 11.2. The summed E-state index contributed by atoms with van der Waals surface area (Å²) < 4.78 is 30.0. The smallest absolute Gasteiger partial charge is 0.186 e. The minimum atomic E-state index is -0.952. The van der Waals surface area contributed by atoms with Gasteiger partial charge in [-0.25, -0.2) is 0 Å². The van der Waals surface area contributed by atoms with E-state index in [9.17, 15) is 5.11 Å². The molecule has 5 atom stereocenters. The van der Waals surface area contributed by atoms with Gasteiger partial charge in [0.25, 0.3) is 0 Å². The van der Waals surface area contributed by atoms with Crippen molar-refractivity contribution in [2.45, 2.75) is 50.5 Å². The molecule has 6 heteroatoms. The number of ether oxygens (including phenoxy) is 5. The highest BCUT2D eigenvalue weighted by molar-refractivity contribution is 5.15. The Hall–Kier alpha value is -2.58. The van der Waals surface area contributed by atoms with Crippen molar-refractivity contribution in [1.82, 2.24) is 0 Å². The first-order valence-electron chi connectivity index (χ1n) is 11.5. The molecular weight excluding hydrogens is 432 g/mol. The average Bonchev–Trinajstić information content (AvgIpc) is 2.89. The first kappa shape index (κ1) is 24.5. The highest BCUT2D eigenvalue weighted by Gasteiger charge is 2.47. The lowest BCUT2D eigenvalue weighted by Crippen LogP contribution is -2.60. The zero-order valence-corrected chi connectivity index (χ0v) is 19.4. The van der Waals surface area contributed by atoms with Gasteiger partial charge in [0.15, 0.2) is 6.29 Å². The summed E-state index contributed by atoms with van der Waals surface area (Å²) in [5.41, 5.74) is 3.08.